The Bertz CT molecular complexity index is 485. The third kappa shape index (κ3) is 3.81. The first-order valence-electron chi connectivity index (χ1n) is 6.91. The highest BCUT2D eigenvalue weighted by Gasteiger charge is 2.24. The third-order valence-corrected chi connectivity index (χ3v) is 4.81. The van der Waals surface area contributed by atoms with Crippen molar-refractivity contribution in [2.45, 2.75) is 26.4 Å². The lowest BCUT2D eigenvalue weighted by atomic mass is 10.1. The summed E-state index contributed by atoms with van der Waals surface area (Å²) in [5.41, 5.74) is 2.54. The maximum Gasteiger partial charge on any atom is 0.320 e. The van der Waals surface area contributed by atoms with Gasteiger partial charge in [-0.25, -0.2) is 0 Å². The van der Waals surface area contributed by atoms with E-state index >= 15 is 0 Å². The molecule has 0 saturated carbocycles. The molecule has 0 spiro atoms. The quantitative estimate of drug-likeness (QED) is 0.913. The maximum absolute atomic E-state index is 11.0. The number of aliphatic carboxylic acids is 1. The number of benzene rings is 1. The monoisotopic (exact) mass is 340 g/mol. The SMILES string of the molecule is Cc1ccc(CN2CCN(C(C)C(=O)O)CC2)cc1Br. The number of carbonyl (C=O) groups is 1. The second kappa shape index (κ2) is 6.70. The fourth-order valence-electron chi connectivity index (χ4n) is 2.46. The minimum Gasteiger partial charge on any atom is -0.480 e. The Kier molecular flexibility index (Phi) is 5.18. The zero-order valence-corrected chi connectivity index (χ0v) is 13.6. The Morgan fingerprint density at radius 3 is 2.55 bits per heavy atom. The third-order valence-electron chi connectivity index (χ3n) is 3.95. The molecule has 4 nitrogen and oxygen atoms in total. The van der Waals surface area contributed by atoms with Gasteiger partial charge in [-0.2, -0.15) is 0 Å². The van der Waals surface area contributed by atoms with Gasteiger partial charge in [0.2, 0.25) is 0 Å². The van der Waals surface area contributed by atoms with Crippen LogP contribution in [0.5, 0.6) is 0 Å². The van der Waals surface area contributed by atoms with Crippen molar-refractivity contribution in [3.05, 3.63) is 33.8 Å². The molecule has 0 bridgehead atoms. The lowest BCUT2D eigenvalue weighted by molar-refractivity contribution is -0.143. The first-order chi connectivity index (χ1) is 9.47. The van der Waals surface area contributed by atoms with Crippen molar-refractivity contribution in [1.29, 1.82) is 0 Å². The summed E-state index contributed by atoms with van der Waals surface area (Å²) in [7, 11) is 0. The molecule has 1 saturated heterocycles. The van der Waals surface area contributed by atoms with Gasteiger partial charge >= 0.3 is 5.97 Å². The Morgan fingerprint density at radius 2 is 2.00 bits per heavy atom. The van der Waals surface area contributed by atoms with Crippen molar-refractivity contribution in [2.75, 3.05) is 26.2 Å². The molecule has 0 aromatic heterocycles. The molecule has 2 rings (SSSR count). The molecular formula is C15H21BrN2O2. The second-order valence-corrected chi connectivity index (χ2v) is 6.26. The van der Waals surface area contributed by atoms with Crippen LogP contribution in [0.1, 0.15) is 18.1 Å². The van der Waals surface area contributed by atoms with Gasteiger partial charge in [0.1, 0.15) is 6.04 Å². The molecule has 1 fully saturated rings. The number of carboxylic acids is 1. The van der Waals surface area contributed by atoms with Gasteiger partial charge in [-0.15, -0.1) is 0 Å². The Morgan fingerprint density at radius 1 is 1.35 bits per heavy atom. The van der Waals surface area contributed by atoms with Crippen LogP contribution in [0.4, 0.5) is 0 Å². The first-order valence-corrected chi connectivity index (χ1v) is 7.71. The van der Waals surface area contributed by atoms with Gasteiger partial charge < -0.3 is 5.11 Å². The summed E-state index contributed by atoms with van der Waals surface area (Å²) in [5, 5.41) is 9.03. The van der Waals surface area contributed by atoms with E-state index in [4.69, 9.17) is 5.11 Å². The Balaban J connectivity index is 1.88. The fourth-order valence-corrected chi connectivity index (χ4v) is 2.88. The standard InChI is InChI=1S/C15H21BrN2O2/c1-11-3-4-13(9-14(11)16)10-17-5-7-18(8-6-17)12(2)15(19)20/h3-4,9,12H,5-8,10H2,1-2H3,(H,19,20). The lowest BCUT2D eigenvalue weighted by Gasteiger charge is -2.36. The molecule has 1 unspecified atom stereocenters. The average molecular weight is 341 g/mol. The first kappa shape index (κ1) is 15.5. The summed E-state index contributed by atoms with van der Waals surface area (Å²) < 4.78 is 1.15. The Labute approximate surface area is 128 Å². The molecule has 1 aliphatic rings. The van der Waals surface area contributed by atoms with Crippen LogP contribution in [0.25, 0.3) is 0 Å². The molecule has 0 aliphatic carbocycles. The van der Waals surface area contributed by atoms with Crippen LogP contribution in [-0.2, 0) is 11.3 Å². The van der Waals surface area contributed by atoms with Crippen LogP contribution < -0.4 is 0 Å². The number of hydrogen-bond acceptors (Lipinski definition) is 3. The summed E-state index contributed by atoms with van der Waals surface area (Å²) >= 11 is 3.56. The molecule has 1 aliphatic heterocycles. The van der Waals surface area contributed by atoms with Crippen molar-refractivity contribution in [1.82, 2.24) is 9.80 Å². The van der Waals surface area contributed by atoms with Gasteiger partial charge in [0.15, 0.2) is 0 Å². The molecule has 0 radical (unpaired) electrons. The van der Waals surface area contributed by atoms with Crippen LogP contribution in [0.2, 0.25) is 0 Å². The molecule has 1 atom stereocenters. The van der Waals surface area contributed by atoms with Crippen molar-refractivity contribution in [3.8, 4) is 0 Å². The molecule has 0 amide bonds. The van der Waals surface area contributed by atoms with Gasteiger partial charge in [-0.05, 0) is 31.0 Å². The number of halogens is 1. The van der Waals surface area contributed by atoms with E-state index in [-0.39, 0.29) is 6.04 Å². The molecule has 5 heteroatoms. The zero-order valence-electron chi connectivity index (χ0n) is 12.0. The van der Waals surface area contributed by atoms with E-state index in [9.17, 15) is 4.79 Å². The van der Waals surface area contributed by atoms with Crippen molar-refractivity contribution in [2.24, 2.45) is 0 Å². The average Bonchev–Trinajstić information content (AvgIpc) is 2.43. The van der Waals surface area contributed by atoms with Gasteiger partial charge in [0.25, 0.3) is 0 Å². The van der Waals surface area contributed by atoms with Gasteiger partial charge in [0, 0.05) is 37.2 Å². The van der Waals surface area contributed by atoms with E-state index in [1.54, 1.807) is 6.92 Å². The van der Waals surface area contributed by atoms with Gasteiger partial charge in [0.05, 0.1) is 0 Å². The van der Waals surface area contributed by atoms with E-state index in [0.29, 0.717) is 0 Å². The molecule has 1 heterocycles. The molecule has 1 aromatic rings. The van der Waals surface area contributed by atoms with Crippen LogP contribution in [-0.4, -0.2) is 53.1 Å². The highest BCUT2D eigenvalue weighted by atomic mass is 79.9. The maximum atomic E-state index is 11.0. The predicted octanol–water partition coefficient (Wildman–Crippen LogP) is 2.35. The summed E-state index contributed by atoms with van der Waals surface area (Å²) in [4.78, 5) is 15.4. The van der Waals surface area contributed by atoms with Crippen LogP contribution in [0, 0.1) is 6.92 Å². The minimum absolute atomic E-state index is 0.384. The molecule has 110 valence electrons. The van der Waals surface area contributed by atoms with Gasteiger partial charge in [-0.3, -0.25) is 14.6 Å². The zero-order chi connectivity index (χ0) is 14.7. The second-order valence-electron chi connectivity index (χ2n) is 5.41. The van der Waals surface area contributed by atoms with Crippen LogP contribution >= 0.6 is 15.9 Å². The summed E-state index contributed by atoms with van der Waals surface area (Å²) in [5.74, 6) is -0.735. The largest absolute Gasteiger partial charge is 0.480 e. The molecule has 20 heavy (non-hydrogen) atoms. The van der Waals surface area contributed by atoms with E-state index in [0.717, 1.165) is 37.2 Å². The van der Waals surface area contributed by atoms with Crippen LogP contribution in [0.15, 0.2) is 22.7 Å². The molecule has 1 N–H and O–H groups in total. The fraction of sp³-hybridized carbons (Fsp3) is 0.533. The predicted molar refractivity (Wildman–Crippen MR) is 82.8 cm³/mol. The number of rotatable bonds is 4. The van der Waals surface area contributed by atoms with Crippen molar-refractivity contribution in [3.63, 3.8) is 0 Å². The van der Waals surface area contributed by atoms with E-state index in [1.165, 1.54) is 11.1 Å². The Hall–Kier alpha value is -0.910. The highest BCUT2D eigenvalue weighted by Crippen LogP contribution is 2.19. The van der Waals surface area contributed by atoms with E-state index < -0.39 is 5.97 Å². The minimum atomic E-state index is -0.735. The smallest absolute Gasteiger partial charge is 0.320 e. The summed E-state index contributed by atoms with van der Waals surface area (Å²) in [6.45, 7) is 8.25. The topological polar surface area (TPSA) is 43.8 Å². The molecule has 1 aromatic carbocycles. The highest BCUT2D eigenvalue weighted by molar-refractivity contribution is 9.10. The number of carboxylic acid groups (broad SMARTS) is 1. The summed E-state index contributed by atoms with van der Waals surface area (Å²) in [6.07, 6.45) is 0. The van der Waals surface area contributed by atoms with Crippen molar-refractivity contribution < 1.29 is 9.90 Å². The lowest BCUT2D eigenvalue weighted by Crippen LogP contribution is -2.51. The number of piperazine rings is 1. The number of hydrogen-bond donors (Lipinski definition) is 1. The number of nitrogens with zero attached hydrogens (tertiary/aromatic N) is 2. The summed E-state index contributed by atoms with van der Waals surface area (Å²) in [6, 6.07) is 6.07. The van der Waals surface area contributed by atoms with E-state index in [1.807, 2.05) is 4.90 Å². The van der Waals surface area contributed by atoms with E-state index in [2.05, 4.69) is 46.0 Å². The molecular weight excluding hydrogens is 320 g/mol. The van der Waals surface area contributed by atoms with Crippen LogP contribution in [0.3, 0.4) is 0 Å². The van der Waals surface area contributed by atoms with Gasteiger partial charge in [-0.1, -0.05) is 28.1 Å². The van der Waals surface area contributed by atoms with Crippen molar-refractivity contribution >= 4 is 21.9 Å². The number of aryl methyl sites for hydroxylation is 1. The normalized spacial score (nSPS) is 18.9.